The first-order chi connectivity index (χ1) is 10.7. The molecule has 1 aromatic rings. The number of benzene rings is 1. The van der Waals surface area contributed by atoms with Gasteiger partial charge in [0.2, 0.25) is 0 Å². The number of hydrogen-bond acceptors (Lipinski definition) is 2. The Morgan fingerprint density at radius 2 is 2.14 bits per heavy atom. The van der Waals surface area contributed by atoms with Crippen LogP contribution in [0.4, 0.5) is 0 Å². The van der Waals surface area contributed by atoms with Crippen LogP contribution in [0.3, 0.4) is 0 Å². The van der Waals surface area contributed by atoms with Gasteiger partial charge in [-0.25, -0.2) is 0 Å². The second-order valence-corrected chi connectivity index (χ2v) is 6.07. The predicted molar refractivity (Wildman–Crippen MR) is 92.5 cm³/mol. The molecule has 122 valence electrons. The average Bonchev–Trinajstić information content (AvgIpc) is 3.34. The Hall–Kier alpha value is -1.71. The largest absolute Gasteiger partial charge is 0.493 e. The molecule has 2 rings (SSSR count). The van der Waals surface area contributed by atoms with Crippen LogP contribution in [0.15, 0.2) is 23.2 Å². The van der Waals surface area contributed by atoms with Crippen molar-refractivity contribution < 1.29 is 4.74 Å². The lowest BCUT2D eigenvalue weighted by molar-refractivity contribution is 0.296. The van der Waals surface area contributed by atoms with E-state index >= 15 is 0 Å². The molecule has 0 heterocycles. The van der Waals surface area contributed by atoms with Crippen LogP contribution in [0, 0.1) is 12.8 Å². The number of hydrogen-bond donors (Lipinski definition) is 2. The average molecular weight is 303 g/mol. The molecule has 0 amide bonds. The Balaban J connectivity index is 1.89. The summed E-state index contributed by atoms with van der Waals surface area (Å²) < 4.78 is 6.01. The summed E-state index contributed by atoms with van der Waals surface area (Å²) in [6.07, 6.45) is 4.96. The lowest BCUT2D eigenvalue weighted by atomic mass is 10.1. The maximum atomic E-state index is 6.01. The highest BCUT2D eigenvalue weighted by Crippen LogP contribution is 2.30. The molecule has 1 fully saturated rings. The summed E-state index contributed by atoms with van der Waals surface area (Å²) in [5.41, 5.74) is 2.42. The number of nitrogens with one attached hydrogen (secondary N) is 2. The van der Waals surface area contributed by atoms with Gasteiger partial charge in [-0.3, -0.25) is 4.99 Å². The Kier molecular flexibility index (Phi) is 6.56. The van der Waals surface area contributed by atoms with E-state index in [4.69, 9.17) is 4.74 Å². The monoisotopic (exact) mass is 303 g/mol. The minimum Gasteiger partial charge on any atom is -0.493 e. The van der Waals surface area contributed by atoms with Crippen LogP contribution in [0.25, 0.3) is 0 Å². The lowest BCUT2D eigenvalue weighted by Gasteiger charge is -2.15. The van der Waals surface area contributed by atoms with Gasteiger partial charge in [0.05, 0.1) is 6.61 Å². The van der Waals surface area contributed by atoms with E-state index < -0.39 is 0 Å². The molecule has 1 aliphatic rings. The van der Waals surface area contributed by atoms with E-state index in [9.17, 15) is 0 Å². The van der Waals surface area contributed by atoms with Gasteiger partial charge in [0, 0.05) is 25.7 Å². The van der Waals surface area contributed by atoms with Gasteiger partial charge in [-0.05, 0) is 43.7 Å². The fourth-order valence-electron chi connectivity index (χ4n) is 2.22. The summed E-state index contributed by atoms with van der Waals surface area (Å²) in [6.45, 7) is 6.82. The topological polar surface area (TPSA) is 45.7 Å². The molecule has 0 unspecified atom stereocenters. The van der Waals surface area contributed by atoms with Gasteiger partial charge >= 0.3 is 0 Å². The molecule has 0 atom stereocenters. The SMILES string of the molecule is CCCCNC(=NC)NCc1ccc(C)cc1OCC1CC1. The van der Waals surface area contributed by atoms with Gasteiger partial charge in [-0.1, -0.05) is 25.5 Å². The number of aliphatic imine (C=N–C) groups is 1. The maximum Gasteiger partial charge on any atom is 0.191 e. The fraction of sp³-hybridized carbons (Fsp3) is 0.611. The normalized spacial score (nSPS) is 14.8. The minimum atomic E-state index is 0.728. The fourth-order valence-corrected chi connectivity index (χ4v) is 2.22. The number of rotatable bonds is 8. The highest BCUT2D eigenvalue weighted by Gasteiger charge is 2.22. The van der Waals surface area contributed by atoms with Crippen molar-refractivity contribution in [1.29, 1.82) is 0 Å². The van der Waals surface area contributed by atoms with Gasteiger partial charge < -0.3 is 15.4 Å². The summed E-state index contributed by atoms with van der Waals surface area (Å²) in [5.74, 6) is 2.62. The van der Waals surface area contributed by atoms with Crippen LogP contribution < -0.4 is 15.4 Å². The van der Waals surface area contributed by atoms with E-state index in [1.807, 2.05) is 0 Å². The van der Waals surface area contributed by atoms with Crippen LogP contribution >= 0.6 is 0 Å². The molecule has 0 bridgehead atoms. The van der Waals surface area contributed by atoms with Crippen molar-refractivity contribution in [1.82, 2.24) is 10.6 Å². The first-order valence-corrected chi connectivity index (χ1v) is 8.39. The van der Waals surface area contributed by atoms with Gasteiger partial charge in [-0.15, -0.1) is 0 Å². The van der Waals surface area contributed by atoms with Crippen LogP contribution in [-0.4, -0.2) is 26.2 Å². The molecule has 1 aliphatic carbocycles. The molecule has 0 aromatic heterocycles. The molecule has 0 spiro atoms. The van der Waals surface area contributed by atoms with E-state index in [-0.39, 0.29) is 0 Å². The van der Waals surface area contributed by atoms with Crippen molar-refractivity contribution in [3.05, 3.63) is 29.3 Å². The molecule has 0 aliphatic heterocycles. The van der Waals surface area contributed by atoms with E-state index in [0.717, 1.165) is 43.7 Å². The van der Waals surface area contributed by atoms with E-state index in [1.54, 1.807) is 7.05 Å². The number of nitrogens with zero attached hydrogens (tertiary/aromatic N) is 1. The van der Waals surface area contributed by atoms with Crippen LogP contribution in [0.5, 0.6) is 5.75 Å². The highest BCUT2D eigenvalue weighted by molar-refractivity contribution is 5.79. The Labute approximate surface area is 134 Å². The van der Waals surface area contributed by atoms with Gasteiger partial charge in [0.15, 0.2) is 5.96 Å². The van der Waals surface area contributed by atoms with Crippen molar-refractivity contribution in [3.63, 3.8) is 0 Å². The number of guanidine groups is 1. The third-order valence-electron chi connectivity index (χ3n) is 3.89. The molecule has 1 saturated carbocycles. The quantitative estimate of drug-likeness (QED) is 0.440. The lowest BCUT2D eigenvalue weighted by Crippen LogP contribution is -2.37. The standard InChI is InChI=1S/C18H29N3O/c1-4-5-10-20-18(19-3)21-12-16-9-6-14(2)11-17(16)22-13-15-7-8-15/h6,9,11,15H,4-5,7-8,10,12-13H2,1-3H3,(H2,19,20,21). The van der Waals surface area contributed by atoms with Crippen molar-refractivity contribution in [3.8, 4) is 5.75 Å². The Morgan fingerprint density at radius 1 is 1.32 bits per heavy atom. The third kappa shape index (κ3) is 5.58. The van der Waals surface area contributed by atoms with E-state index in [1.165, 1.54) is 30.4 Å². The Morgan fingerprint density at radius 3 is 2.82 bits per heavy atom. The summed E-state index contributed by atoms with van der Waals surface area (Å²) in [5, 5.41) is 6.70. The number of aryl methyl sites for hydroxylation is 1. The molecular formula is C18H29N3O. The van der Waals surface area contributed by atoms with E-state index in [0.29, 0.717) is 0 Å². The highest BCUT2D eigenvalue weighted by atomic mass is 16.5. The zero-order valence-corrected chi connectivity index (χ0v) is 14.1. The molecule has 2 N–H and O–H groups in total. The predicted octanol–water partition coefficient (Wildman–Crippen LogP) is 3.25. The molecule has 0 saturated heterocycles. The first kappa shape index (κ1) is 16.7. The summed E-state index contributed by atoms with van der Waals surface area (Å²) in [6, 6.07) is 6.41. The number of unbranched alkanes of at least 4 members (excludes halogenated alkanes) is 1. The van der Waals surface area contributed by atoms with Crippen molar-refractivity contribution in [2.75, 3.05) is 20.2 Å². The molecular weight excluding hydrogens is 274 g/mol. The van der Waals surface area contributed by atoms with Gasteiger partial charge in [-0.2, -0.15) is 0 Å². The Bertz CT molecular complexity index is 495. The molecule has 4 heteroatoms. The number of ether oxygens (including phenoxy) is 1. The minimum absolute atomic E-state index is 0.728. The van der Waals surface area contributed by atoms with Crippen LogP contribution in [-0.2, 0) is 6.54 Å². The van der Waals surface area contributed by atoms with Crippen LogP contribution in [0.2, 0.25) is 0 Å². The van der Waals surface area contributed by atoms with Crippen molar-refractivity contribution in [2.45, 2.75) is 46.1 Å². The zero-order chi connectivity index (χ0) is 15.8. The third-order valence-corrected chi connectivity index (χ3v) is 3.89. The molecule has 0 radical (unpaired) electrons. The molecule has 1 aromatic carbocycles. The smallest absolute Gasteiger partial charge is 0.191 e. The van der Waals surface area contributed by atoms with Gasteiger partial charge in [0.25, 0.3) is 0 Å². The first-order valence-electron chi connectivity index (χ1n) is 8.39. The van der Waals surface area contributed by atoms with Crippen molar-refractivity contribution >= 4 is 5.96 Å². The second kappa shape index (κ2) is 8.66. The summed E-state index contributed by atoms with van der Waals surface area (Å²) in [7, 11) is 1.81. The molecule has 4 nitrogen and oxygen atoms in total. The van der Waals surface area contributed by atoms with Crippen molar-refractivity contribution in [2.24, 2.45) is 10.9 Å². The van der Waals surface area contributed by atoms with Gasteiger partial charge in [0.1, 0.15) is 5.75 Å². The summed E-state index contributed by atoms with van der Waals surface area (Å²) >= 11 is 0. The van der Waals surface area contributed by atoms with E-state index in [2.05, 4.69) is 47.7 Å². The van der Waals surface area contributed by atoms with Crippen LogP contribution in [0.1, 0.15) is 43.7 Å². The zero-order valence-electron chi connectivity index (χ0n) is 14.1. The maximum absolute atomic E-state index is 6.01. The summed E-state index contributed by atoms with van der Waals surface area (Å²) in [4.78, 5) is 4.26. The molecule has 22 heavy (non-hydrogen) atoms. The second-order valence-electron chi connectivity index (χ2n) is 6.07.